The average molecular weight is 519 g/mol. The first kappa shape index (κ1) is 23.9. The number of alkyl halides is 5. The van der Waals surface area contributed by atoms with Crippen LogP contribution in [0.3, 0.4) is 0 Å². The van der Waals surface area contributed by atoms with Crippen LogP contribution in [0.5, 0.6) is 0 Å². The highest BCUT2D eigenvalue weighted by molar-refractivity contribution is 7.91. The second-order valence-electron chi connectivity index (χ2n) is 9.75. The molecule has 3 saturated carbocycles. The summed E-state index contributed by atoms with van der Waals surface area (Å²) >= 11 is 0. The summed E-state index contributed by atoms with van der Waals surface area (Å²) in [5.41, 5.74) is -3.21. The van der Waals surface area contributed by atoms with Gasteiger partial charge in [0.2, 0.25) is 0 Å². The van der Waals surface area contributed by atoms with Gasteiger partial charge < -0.3 is 5.21 Å². The monoisotopic (exact) mass is 519 g/mol. The summed E-state index contributed by atoms with van der Waals surface area (Å²) < 4.78 is 91.7. The Labute approximate surface area is 196 Å². The fourth-order valence-corrected chi connectivity index (χ4v) is 5.85. The predicted molar refractivity (Wildman–Crippen MR) is 110 cm³/mol. The Balaban J connectivity index is 1.62. The van der Waals surface area contributed by atoms with Gasteiger partial charge in [-0.25, -0.2) is 22.8 Å². The summed E-state index contributed by atoms with van der Waals surface area (Å²) in [5.74, 6) is -5.60. The summed E-state index contributed by atoms with van der Waals surface area (Å²) in [6.45, 7) is -0.244. The van der Waals surface area contributed by atoms with Crippen molar-refractivity contribution in [1.82, 2.24) is 14.5 Å². The van der Waals surface area contributed by atoms with Crippen LogP contribution in [-0.2, 0) is 22.5 Å². The highest BCUT2D eigenvalue weighted by Gasteiger charge is 2.70. The van der Waals surface area contributed by atoms with E-state index in [2.05, 4.69) is 10.1 Å². The molecular weight excluding hydrogens is 497 g/mol. The molecule has 0 radical (unpaired) electrons. The van der Waals surface area contributed by atoms with Gasteiger partial charge in [-0.05, 0) is 37.2 Å². The number of pyridine rings is 1. The van der Waals surface area contributed by atoms with E-state index in [-0.39, 0.29) is 36.9 Å². The third kappa shape index (κ3) is 4.15. The van der Waals surface area contributed by atoms with Crippen LogP contribution < -0.4 is 5.36 Å². The molecule has 14 heteroatoms. The van der Waals surface area contributed by atoms with Gasteiger partial charge in [-0.3, -0.25) is 9.48 Å². The lowest BCUT2D eigenvalue weighted by molar-refractivity contribution is -0.138. The van der Waals surface area contributed by atoms with Crippen LogP contribution >= 0.6 is 0 Å². The molecule has 2 N–H and O–H groups in total. The van der Waals surface area contributed by atoms with Crippen LogP contribution in [0.15, 0.2) is 28.3 Å². The van der Waals surface area contributed by atoms with Gasteiger partial charge >= 0.3 is 6.18 Å². The van der Waals surface area contributed by atoms with Gasteiger partial charge in [0.15, 0.2) is 5.03 Å². The van der Waals surface area contributed by atoms with E-state index in [1.165, 1.54) is 0 Å². The summed E-state index contributed by atoms with van der Waals surface area (Å²) in [5, 5.41) is 13.3. The van der Waals surface area contributed by atoms with E-state index in [0.29, 0.717) is 17.6 Å². The number of nitrogens with zero attached hydrogens (tertiary/aromatic N) is 4. The molecule has 190 valence electrons. The number of aromatic nitrogens is 3. The third-order valence-corrected chi connectivity index (χ3v) is 8.17. The standard InChI is InChI=1S/C21H22F5N5O3S/c1-35(27,34)14-8-12(4-7-31(14)33)28-18(32)17-15(21(24,25)26)16(11-2-3-11)29-30(17)10-19-5-6-20(22,23)13(19)9-19/h4,7-8,11,13,27,33H,2-3,5-6,9-10H2,1H3. The van der Waals surface area contributed by atoms with Gasteiger partial charge in [-0.15, -0.1) is 0 Å². The van der Waals surface area contributed by atoms with Crippen LogP contribution in [0.25, 0.3) is 0 Å². The van der Waals surface area contributed by atoms with E-state index in [9.17, 15) is 36.2 Å². The minimum Gasteiger partial charge on any atom is -0.428 e. The number of nitrogens with one attached hydrogen (secondary N) is 1. The minimum atomic E-state index is -4.92. The third-order valence-electron chi connectivity index (χ3n) is 7.06. The summed E-state index contributed by atoms with van der Waals surface area (Å²) in [6, 6.07) is 2.08. The number of fused-ring (bicyclic) bond motifs is 1. The molecule has 2 aromatic heterocycles. The normalized spacial score (nSPS) is 27.5. The number of carbonyl (C=O) groups is 1. The molecule has 0 bridgehead atoms. The highest BCUT2D eigenvalue weighted by Crippen LogP contribution is 2.70. The summed E-state index contributed by atoms with van der Waals surface area (Å²) in [7, 11) is -3.45. The second-order valence-corrected chi connectivity index (χ2v) is 11.9. The van der Waals surface area contributed by atoms with Crippen molar-refractivity contribution < 1.29 is 36.2 Å². The maximum Gasteiger partial charge on any atom is 0.420 e. The van der Waals surface area contributed by atoms with Gasteiger partial charge in [-0.1, -0.05) is 0 Å². The fraction of sp³-hybridized carbons (Fsp3) is 0.571. The highest BCUT2D eigenvalue weighted by atomic mass is 32.2. The van der Waals surface area contributed by atoms with Crippen LogP contribution in [0.1, 0.15) is 59.8 Å². The van der Waals surface area contributed by atoms with Crippen molar-refractivity contribution >= 4 is 15.6 Å². The van der Waals surface area contributed by atoms with Crippen molar-refractivity contribution in [2.75, 3.05) is 6.26 Å². The van der Waals surface area contributed by atoms with E-state index in [4.69, 9.17) is 4.78 Å². The number of hydrogen-bond donors (Lipinski definition) is 2. The van der Waals surface area contributed by atoms with Crippen molar-refractivity contribution in [3.05, 3.63) is 40.6 Å². The molecule has 8 nitrogen and oxygen atoms in total. The zero-order chi connectivity index (χ0) is 25.6. The first-order valence-corrected chi connectivity index (χ1v) is 12.9. The molecule has 3 unspecified atom stereocenters. The van der Waals surface area contributed by atoms with Crippen molar-refractivity contribution in [2.45, 2.75) is 61.7 Å². The molecule has 0 saturated heterocycles. The molecule has 3 aliphatic rings. The lowest BCUT2D eigenvalue weighted by Gasteiger charge is -2.14. The Hall–Kier alpha value is -2.77. The topological polar surface area (TPSA) is 113 Å². The number of halogens is 5. The van der Waals surface area contributed by atoms with Crippen molar-refractivity contribution in [2.24, 2.45) is 16.3 Å². The molecule has 3 fully saturated rings. The summed E-state index contributed by atoms with van der Waals surface area (Å²) in [6.07, 6.45) is -2.07. The second kappa shape index (κ2) is 7.37. The molecule has 0 aliphatic heterocycles. The van der Waals surface area contributed by atoms with E-state index in [1.807, 2.05) is 0 Å². The number of carbonyl (C=O) groups excluding carboxylic acids is 1. The predicted octanol–water partition coefficient (Wildman–Crippen LogP) is 4.03. The Kier molecular flexibility index (Phi) is 5.04. The Morgan fingerprint density at radius 2 is 2.03 bits per heavy atom. The molecule has 0 spiro atoms. The zero-order valence-electron chi connectivity index (χ0n) is 18.5. The van der Waals surface area contributed by atoms with Gasteiger partial charge in [-0.2, -0.15) is 23.0 Å². The van der Waals surface area contributed by atoms with Gasteiger partial charge in [0.1, 0.15) is 11.3 Å². The van der Waals surface area contributed by atoms with E-state index >= 15 is 0 Å². The Bertz CT molecular complexity index is 1410. The molecule has 2 heterocycles. The zero-order valence-corrected chi connectivity index (χ0v) is 19.3. The van der Waals surface area contributed by atoms with Crippen molar-refractivity contribution in [1.29, 1.82) is 4.78 Å². The lowest BCUT2D eigenvalue weighted by atomic mass is 10.0. The van der Waals surface area contributed by atoms with Gasteiger partial charge in [0.05, 0.1) is 20.8 Å². The molecule has 1 amide bonds. The van der Waals surface area contributed by atoms with Crippen molar-refractivity contribution in [3.8, 4) is 0 Å². The van der Waals surface area contributed by atoms with Crippen LogP contribution in [-0.4, -0.2) is 42.0 Å². The number of rotatable bonds is 5. The van der Waals surface area contributed by atoms with Crippen LogP contribution in [0.2, 0.25) is 0 Å². The van der Waals surface area contributed by atoms with Gasteiger partial charge in [0.25, 0.3) is 11.8 Å². The van der Waals surface area contributed by atoms with E-state index in [0.717, 1.165) is 29.3 Å². The molecule has 35 heavy (non-hydrogen) atoms. The van der Waals surface area contributed by atoms with Crippen molar-refractivity contribution in [3.63, 3.8) is 0 Å². The first-order chi connectivity index (χ1) is 16.1. The smallest absolute Gasteiger partial charge is 0.420 e. The SMILES string of the molecule is CS(=N)(=O)c1cc(=NC(=O)c2c(C(F)(F)F)c(C3CC3)nn2CC23CCC(F)(F)C2C3)ccn1O. The number of amides is 1. The molecule has 3 aliphatic carbocycles. The molecule has 5 rings (SSSR count). The Morgan fingerprint density at radius 3 is 2.54 bits per heavy atom. The average Bonchev–Trinajstić information content (AvgIpc) is 3.63. The number of hydrogen-bond acceptors (Lipinski definition) is 5. The van der Waals surface area contributed by atoms with Gasteiger partial charge in [0, 0.05) is 43.3 Å². The first-order valence-electron chi connectivity index (χ1n) is 10.9. The fourth-order valence-electron chi connectivity index (χ4n) is 5.09. The maximum atomic E-state index is 14.2. The molecular formula is C21H22F5N5O3S. The van der Waals surface area contributed by atoms with E-state index in [1.54, 1.807) is 0 Å². The lowest BCUT2D eigenvalue weighted by Crippen LogP contribution is -2.22. The van der Waals surface area contributed by atoms with Crippen LogP contribution in [0.4, 0.5) is 22.0 Å². The molecule has 0 aromatic carbocycles. The van der Waals surface area contributed by atoms with Crippen LogP contribution in [0, 0.1) is 16.1 Å². The Morgan fingerprint density at radius 1 is 1.34 bits per heavy atom. The quantitative estimate of drug-likeness (QED) is 0.459. The summed E-state index contributed by atoms with van der Waals surface area (Å²) in [4.78, 5) is 16.9. The minimum absolute atomic E-state index is 0.127. The molecule has 3 atom stereocenters. The maximum absolute atomic E-state index is 14.2. The largest absolute Gasteiger partial charge is 0.428 e. The molecule has 2 aromatic rings. The van der Waals surface area contributed by atoms with E-state index < -0.39 is 61.3 Å².